The first-order chi connectivity index (χ1) is 9.75. The van der Waals surface area contributed by atoms with Crippen molar-refractivity contribution in [1.29, 1.82) is 0 Å². The van der Waals surface area contributed by atoms with E-state index in [0.29, 0.717) is 11.4 Å². The summed E-state index contributed by atoms with van der Waals surface area (Å²) in [5, 5.41) is 22.8. The molecule has 1 aliphatic heterocycles. The number of aromatic nitrogens is 1. The maximum atomic E-state index is 11.7. The summed E-state index contributed by atoms with van der Waals surface area (Å²) in [7, 11) is 0. The highest BCUT2D eigenvalue weighted by Crippen LogP contribution is 2.42. The van der Waals surface area contributed by atoms with Gasteiger partial charge >= 0.3 is 11.9 Å². The predicted molar refractivity (Wildman–Crippen MR) is 78.3 cm³/mol. The van der Waals surface area contributed by atoms with Gasteiger partial charge in [-0.25, -0.2) is 4.98 Å². The SMILES string of the molecule is Cc1cnc([C@@H]2N[C@](CC(C)C)(C(=O)O)C[C@@H]2C(=O)O)s1. The number of nitrogens with zero attached hydrogens (tertiary/aromatic N) is 1. The smallest absolute Gasteiger partial charge is 0.323 e. The van der Waals surface area contributed by atoms with E-state index in [1.165, 1.54) is 11.3 Å². The third-order valence-corrected chi connectivity index (χ3v) is 4.79. The van der Waals surface area contributed by atoms with Crippen LogP contribution in [-0.4, -0.2) is 32.7 Å². The second kappa shape index (κ2) is 5.73. The molecular weight excluding hydrogens is 292 g/mol. The molecule has 21 heavy (non-hydrogen) atoms. The Morgan fingerprint density at radius 2 is 2.19 bits per heavy atom. The van der Waals surface area contributed by atoms with E-state index in [1.807, 2.05) is 20.8 Å². The lowest BCUT2D eigenvalue weighted by Crippen LogP contribution is -2.49. The monoisotopic (exact) mass is 312 g/mol. The molecule has 1 aliphatic rings. The third-order valence-electron chi connectivity index (χ3n) is 3.79. The molecule has 0 radical (unpaired) electrons. The summed E-state index contributed by atoms with van der Waals surface area (Å²) in [4.78, 5) is 28.5. The summed E-state index contributed by atoms with van der Waals surface area (Å²) in [6.45, 7) is 5.76. The zero-order valence-electron chi connectivity index (χ0n) is 12.3. The molecule has 3 N–H and O–H groups in total. The van der Waals surface area contributed by atoms with E-state index in [-0.39, 0.29) is 12.3 Å². The van der Waals surface area contributed by atoms with Crippen LogP contribution in [0.4, 0.5) is 0 Å². The van der Waals surface area contributed by atoms with Crippen LogP contribution in [0.5, 0.6) is 0 Å². The molecule has 0 aromatic carbocycles. The van der Waals surface area contributed by atoms with Crippen LogP contribution in [0.25, 0.3) is 0 Å². The average molecular weight is 312 g/mol. The first kappa shape index (κ1) is 15.9. The zero-order valence-corrected chi connectivity index (χ0v) is 13.1. The summed E-state index contributed by atoms with van der Waals surface area (Å²) in [6.07, 6.45) is 2.16. The Morgan fingerprint density at radius 3 is 2.62 bits per heavy atom. The van der Waals surface area contributed by atoms with Crippen LogP contribution >= 0.6 is 11.3 Å². The van der Waals surface area contributed by atoms with E-state index >= 15 is 0 Å². The molecule has 2 heterocycles. The number of hydrogen-bond acceptors (Lipinski definition) is 5. The number of aliphatic carboxylic acids is 2. The number of aryl methyl sites for hydroxylation is 1. The van der Waals surface area contributed by atoms with Gasteiger partial charge in [-0.15, -0.1) is 11.3 Å². The summed E-state index contributed by atoms with van der Waals surface area (Å²) in [6, 6.07) is -0.545. The van der Waals surface area contributed by atoms with Gasteiger partial charge in [-0.1, -0.05) is 13.8 Å². The van der Waals surface area contributed by atoms with Gasteiger partial charge in [0.15, 0.2) is 0 Å². The van der Waals surface area contributed by atoms with Crippen LogP contribution < -0.4 is 5.32 Å². The molecule has 116 valence electrons. The fourth-order valence-electron chi connectivity index (χ4n) is 3.01. The Morgan fingerprint density at radius 1 is 1.52 bits per heavy atom. The highest BCUT2D eigenvalue weighted by Gasteiger charge is 2.53. The van der Waals surface area contributed by atoms with E-state index in [4.69, 9.17) is 0 Å². The second-order valence-electron chi connectivity index (χ2n) is 6.07. The van der Waals surface area contributed by atoms with Crippen LogP contribution in [0.15, 0.2) is 6.20 Å². The minimum Gasteiger partial charge on any atom is -0.481 e. The molecule has 1 aromatic heterocycles. The predicted octanol–water partition coefficient (Wildman–Crippen LogP) is 2.06. The Kier molecular flexibility index (Phi) is 4.34. The molecule has 0 saturated carbocycles. The van der Waals surface area contributed by atoms with Crippen molar-refractivity contribution < 1.29 is 19.8 Å². The Hall–Kier alpha value is -1.47. The van der Waals surface area contributed by atoms with Crippen LogP contribution in [0.1, 0.15) is 42.6 Å². The molecule has 1 saturated heterocycles. The van der Waals surface area contributed by atoms with Crippen molar-refractivity contribution in [1.82, 2.24) is 10.3 Å². The van der Waals surface area contributed by atoms with E-state index in [0.717, 1.165) is 4.88 Å². The number of carboxylic acids is 2. The third kappa shape index (κ3) is 3.08. The first-order valence-corrected chi connectivity index (χ1v) is 7.73. The van der Waals surface area contributed by atoms with Gasteiger partial charge in [0.25, 0.3) is 0 Å². The average Bonchev–Trinajstić information content (AvgIpc) is 2.93. The lowest BCUT2D eigenvalue weighted by atomic mass is 9.84. The Balaban J connectivity index is 2.37. The molecule has 7 heteroatoms. The van der Waals surface area contributed by atoms with E-state index in [2.05, 4.69) is 10.3 Å². The van der Waals surface area contributed by atoms with Gasteiger partial charge in [-0.3, -0.25) is 14.9 Å². The van der Waals surface area contributed by atoms with Crippen molar-refractivity contribution in [2.24, 2.45) is 11.8 Å². The Labute approximate surface area is 127 Å². The fourth-order valence-corrected chi connectivity index (χ4v) is 3.90. The van der Waals surface area contributed by atoms with Crippen LogP contribution in [0.2, 0.25) is 0 Å². The molecule has 0 unspecified atom stereocenters. The quantitative estimate of drug-likeness (QED) is 0.769. The van der Waals surface area contributed by atoms with Crippen molar-refractivity contribution in [2.75, 3.05) is 0 Å². The number of carbonyl (C=O) groups is 2. The summed E-state index contributed by atoms with van der Waals surface area (Å²) < 4.78 is 0. The molecule has 0 aliphatic carbocycles. The van der Waals surface area contributed by atoms with Gasteiger partial charge in [0.1, 0.15) is 10.5 Å². The summed E-state index contributed by atoms with van der Waals surface area (Å²) >= 11 is 1.41. The Bertz CT molecular complexity index is 557. The van der Waals surface area contributed by atoms with Gasteiger partial charge in [0, 0.05) is 11.1 Å². The molecule has 1 fully saturated rings. The largest absolute Gasteiger partial charge is 0.481 e. The molecule has 6 nitrogen and oxygen atoms in total. The van der Waals surface area contributed by atoms with Crippen molar-refractivity contribution >= 4 is 23.3 Å². The van der Waals surface area contributed by atoms with E-state index < -0.39 is 29.4 Å². The number of nitrogens with one attached hydrogen (secondary N) is 1. The second-order valence-corrected chi connectivity index (χ2v) is 7.33. The molecular formula is C14H20N2O4S. The number of hydrogen-bond donors (Lipinski definition) is 3. The molecule has 3 atom stereocenters. The summed E-state index contributed by atoms with van der Waals surface area (Å²) in [5.74, 6) is -2.59. The standard InChI is InChI=1S/C14H20N2O4S/c1-7(2)4-14(13(19)20)5-9(12(17)18)10(16-14)11-15-6-8(3)21-11/h6-7,9-10,16H,4-5H2,1-3H3,(H,17,18)(H,19,20)/t9-,10+,14-/m0/s1. The molecule has 0 amide bonds. The van der Waals surface area contributed by atoms with Gasteiger partial charge in [-0.2, -0.15) is 0 Å². The molecule has 0 bridgehead atoms. The van der Waals surface area contributed by atoms with Crippen molar-refractivity contribution in [3.63, 3.8) is 0 Å². The van der Waals surface area contributed by atoms with Crippen LogP contribution in [0.3, 0.4) is 0 Å². The molecule has 0 spiro atoms. The molecule has 2 rings (SSSR count). The van der Waals surface area contributed by atoms with Gasteiger partial charge in [0.2, 0.25) is 0 Å². The van der Waals surface area contributed by atoms with Gasteiger partial charge in [0.05, 0.1) is 12.0 Å². The number of thiazole rings is 1. The summed E-state index contributed by atoms with van der Waals surface area (Å²) in [5.41, 5.74) is -1.19. The van der Waals surface area contributed by atoms with Crippen LogP contribution in [0, 0.1) is 18.8 Å². The normalized spacial score (nSPS) is 29.0. The lowest BCUT2D eigenvalue weighted by Gasteiger charge is -2.27. The maximum absolute atomic E-state index is 11.7. The molecule has 1 aromatic rings. The van der Waals surface area contributed by atoms with E-state index in [9.17, 15) is 19.8 Å². The van der Waals surface area contributed by atoms with E-state index in [1.54, 1.807) is 6.20 Å². The van der Waals surface area contributed by atoms with Crippen molar-refractivity contribution in [3.8, 4) is 0 Å². The van der Waals surface area contributed by atoms with Gasteiger partial charge < -0.3 is 10.2 Å². The lowest BCUT2D eigenvalue weighted by molar-refractivity contribution is -0.145. The number of carboxylic acid groups (broad SMARTS) is 2. The number of rotatable bonds is 5. The fraction of sp³-hybridized carbons (Fsp3) is 0.643. The minimum atomic E-state index is -1.19. The van der Waals surface area contributed by atoms with Crippen molar-refractivity contribution in [2.45, 2.75) is 45.2 Å². The van der Waals surface area contributed by atoms with Crippen LogP contribution in [-0.2, 0) is 9.59 Å². The van der Waals surface area contributed by atoms with Crippen molar-refractivity contribution in [3.05, 3.63) is 16.1 Å². The highest BCUT2D eigenvalue weighted by molar-refractivity contribution is 7.11. The zero-order chi connectivity index (χ0) is 15.8. The highest BCUT2D eigenvalue weighted by atomic mass is 32.1. The minimum absolute atomic E-state index is 0.0825. The first-order valence-electron chi connectivity index (χ1n) is 6.91. The maximum Gasteiger partial charge on any atom is 0.323 e. The topological polar surface area (TPSA) is 99.5 Å². The van der Waals surface area contributed by atoms with Gasteiger partial charge in [-0.05, 0) is 25.7 Å².